The SMILES string of the molecule is CC1=C(C(=O)Nc2ccccc2)[C@@H](c2ccccc2Cl)C(C#N)=C(SCC(=O)Nc2cc(Cl)ccc2Cl)N1. The summed E-state index contributed by atoms with van der Waals surface area (Å²) in [5.74, 6) is -1.47. The molecule has 6 nitrogen and oxygen atoms in total. The normalized spacial score (nSPS) is 15.0. The Hall–Kier alpha value is -3.41. The average Bonchev–Trinajstić information content (AvgIpc) is 2.90. The Morgan fingerprint density at radius 1 is 0.974 bits per heavy atom. The summed E-state index contributed by atoms with van der Waals surface area (Å²) < 4.78 is 0. The monoisotopic (exact) mass is 582 g/mol. The summed E-state index contributed by atoms with van der Waals surface area (Å²) in [5, 5.41) is 20.7. The van der Waals surface area contributed by atoms with Crippen LogP contribution in [-0.4, -0.2) is 17.6 Å². The maximum atomic E-state index is 13.5. The largest absolute Gasteiger partial charge is 0.353 e. The van der Waals surface area contributed by atoms with E-state index >= 15 is 0 Å². The molecule has 4 rings (SSSR count). The molecule has 1 aliphatic rings. The van der Waals surface area contributed by atoms with Crippen LogP contribution in [0.5, 0.6) is 0 Å². The Balaban J connectivity index is 1.64. The number of anilines is 2. The van der Waals surface area contributed by atoms with Gasteiger partial charge in [0, 0.05) is 27.0 Å². The third kappa shape index (κ3) is 6.35. The molecular formula is C28H21Cl3N4O2S. The van der Waals surface area contributed by atoms with Crippen LogP contribution < -0.4 is 16.0 Å². The van der Waals surface area contributed by atoms with Crippen molar-refractivity contribution in [3.8, 4) is 6.07 Å². The molecule has 0 unspecified atom stereocenters. The van der Waals surface area contributed by atoms with Gasteiger partial charge in [-0.1, -0.05) is 83.0 Å². The van der Waals surface area contributed by atoms with Crippen LogP contribution in [0.1, 0.15) is 18.4 Å². The molecule has 10 heteroatoms. The van der Waals surface area contributed by atoms with Crippen LogP contribution in [0.3, 0.4) is 0 Å². The molecule has 3 aromatic rings. The molecule has 0 saturated carbocycles. The van der Waals surface area contributed by atoms with E-state index in [0.29, 0.717) is 48.3 Å². The smallest absolute Gasteiger partial charge is 0.254 e. The zero-order valence-corrected chi connectivity index (χ0v) is 23.1. The van der Waals surface area contributed by atoms with Crippen LogP contribution in [0.2, 0.25) is 15.1 Å². The van der Waals surface area contributed by atoms with Crippen molar-refractivity contribution in [3.63, 3.8) is 0 Å². The number of dihydropyridines is 1. The maximum Gasteiger partial charge on any atom is 0.254 e. The van der Waals surface area contributed by atoms with Gasteiger partial charge in [-0.05, 0) is 48.9 Å². The fraction of sp³-hybridized carbons (Fsp3) is 0.107. The number of para-hydroxylation sites is 1. The zero-order chi connectivity index (χ0) is 27.2. The van der Waals surface area contributed by atoms with E-state index in [2.05, 4.69) is 22.0 Å². The van der Waals surface area contributed by atoms with Gasteiger partial charge < -0.3 is 16.0 Å². The second-order valence-corrected chi connectivity index (χ2v) is 10.5. The number of nitrogens with one attached hydrogen (secondary N) is 3. The van der Waals surface area contributed by atoms with E-state index in [-0.39, 0.29) is 23.1 Å². The summed E-state index contributed by atoms with van der Waals surface area (Å²) in [7, 11) is 0. The average molecular weight is 584 g/mol. The third-order valence-electron chi connectivity index (χ3n) is 5.69. The minimum Gasteiger partial charge on any atom is -0.353 e. The zero-order valence-electron chi connectivity index (χ0n) is 20.0. The first-order chi connectivity index (χ1) is 18.3. The lowest BCUT2D eigenvalue weighted by atomic mass is 9.82. The Bertz CT molecular complexity index is 1500. The number of benzene rings is 3. The van der Waals surface area contributed by atoms with Crippen molar-refractivity contribution in [2.75, 3.05) is 16.4 Å². The van der Waals surface area contributed by atoms with E-state index in [4.69, 9.17) is 34.8 Å². The predicted octanol–water partition coefficient (Wildman–Crippen LogP) is 7.35. The number of thioether (sulfide) groups is 1. The van der Waals surface area contributed by atoms with Crippen LogP contribution in [0, 0.1) is 11.3 Å². The highest BCUT2D eigenvalue weighted by molar-refractivity contribution is 8.03. The fourth-order valence-electron chi connectivity index (χ4n) is 3.98. The van der Waals surface area contributed by atoms with Gasteiger partial charge in [0.2, 0.25) is 5.91 Å². The lowest BCUT2D eigenvalue weighted by molar-refractivity contribution is -0.114. The molecule has 1 aliphatic heterocycles. The highest BCUT2D eigenvalue weighted by atomic mass is 35.5. The Kier molecular flexibility index (Phi) is 9.03. The first kappa shape index (κ1) is 27.6. The van der Waals surface area contributed by atoms with E-state index in [1.807, 2.05) is 18.2 Å². The van der Waals surface area contributed by atoms with Gasteiger partial charge in [0.25, 0.3) is 5.91 Å². The first-order valence-corrected chi connectivity index (χ1v) is 13.5. The number of nitriles is 1. The molecule has 0 aliphatic carbocycles. The highest BCUT2D eigenvalue weighted by Crippen LogP contribution is 2.43. The third-order valence-corrected chi connectivity index (χ3v) is 7.62. The molecule has 192 valence electrons. The van der Waals surface area contributed by atoms with Crippen molar-refractivity contribution in [1.29, 1.82) is 5.26 Å². The van der Waals surface area contributed by atoms with E-state index in [0.717, 1.165) is 11.8 Å². The lowest BCUT2D eigenvalue weighted by Crippen LogP contribution is -2.31. The lowest BCUT2D eigenvalue weighted by Gasteiger charge is -2.30. The summed E-state index contributed by atoms with van der Waals surface area (Å²) in [6, 6.07) is 23.1. The van der Waals surface area contributed by atoms with Crippen molar-refractivity contribution in [2.45, 2.75) is 12.8 Å². The van der Waals surface area contributed by atoms with Gasteiger partial charge in [0.15, 0.2) is 0 Å². The van der Waals surface area contributed by atoms with Gasteiger partial charge >= 0.3 is 0 Å². The molecule has 1 heterocycles. The first-order valence-electron chi connectivity index (χ1n) is 11.4. The molecule has 38 heavy (non-hydrogen) atoms. The number of allylic oxidation sites excluding steroid dienone is 2. The topological polar surface area (TPSA) is 94.0 Å². The molecule has 0 fully saturated rings. The number of amides is 2. The summed E-state index contributed by atoms with van der Waals surface area (Å²) in [6.07, 6.45) is 0. The van der Waals surface area contributed by atoms with Gasteiger partial charge in [-0.15, -0.1) is 0 Å². The second-order valence-electron chi connectivity index (χ2n) is 8.25. The molecular weight excluding hydrogens is 563 g/mol. The van der Waals surface area contributed by atoms with Gasteiger partial charge in [-0.3, -0.25) is 9.59 Å². The van der Waals surface area contributed by atoms with Gasteiger partial charge in [-0.2, -0.15) is 5.26 Å². The van der Waals surface area contributed by atoms with Crippen LogP contribution in [0.4, 0.5) is 11.4 Å². The van der Waals surface area contributed by atoms with Crippen LogP contribution in [-0.2, 0) is 9.59 Å². The minimum atomic E-state index is -0.744. The van der Waals surface area contributed by atoms with E-state index in [9.17, 15) is 14.9 Å². The Morgan fingerprint density at radius 2 is 1.68 bits per heavy atom. The van der Waals surface area contributed by atoms with Crippen LogP contribution >= 0.6 is 46.6 Å². The van der Waals surface area contributed by atoms with E-state index < -0.39 is 5.92 Å². The maximum absolute atomic E-state index is 13.5. The van der Waals surface area contributed by atoms with Crippen molar-refractivity contribution >= 4 is 69.8 Å². The number of nitrogens with zero attached hydrogens (tertiary/aromatic N) is 1. The molecule has 2 amide bonds. The minimum absolute atomic E-state index is 0.0234. The number of carbonyl (C=O) groups is 2. The molecule has 0 radical (unpaired) electrons. The number of carbonyl (C=O) groups excluding carboxylic acids is 2. The summed E-state index contributed by atoms with van der Waals surface area (Å²) in [6.45, 7) is 1.75. The molecule has 0 spiro atoms. The van der Waals surface area contributed by atoms with Gasteiger partial charge in [-0.25, -0.2) is 0 Å². The second kappa shape index (κ2) is 12.4. The number of rotatable bonds is 7. The number of hydrogen-bond acceptors (Lipinski definition) is 5. The van der Waals surface area contributed by atoms with Gasteiger partial charge in [0.1, 0.15) is 0 Å². The Labute approximate surface area is 239 Å². The summed E-state index contributed by atoms with van der Waals surface area (Å²) >= 11 is 19.9. The number of hydrogen-bond donors (Lipinski definition) is 3. The van der Waals surface area contributed by atoms with Crippen molar-refractivity contribution in [3.05, 3.63) is 115 Å². The predicted molar refractivity (Wildman–Crippen MR) is 155 cm³/mol. The molecule has 0 aromatic heterocycles. The molecule has 3 aromatic carbocycles. The molecule has 1 atom stereocenters. The van der Waals surface area contributed by atoms with E-state index in [1.54, 1.807) is 61.5 Å². The molecule has 3 N–H and O–H groups in total. The van der Waals surface area contributed by atoms with Crippen LogP contribution in [0.15, 0.2) is 94.7 Å². The van der Waals surface area contributed by atoms with E-state index in [1.165, 1.54) is 0 Å². The highest BCUT2D eigenvalue weighted by Gasteiger charge is 2.36. The van der Waals surface area contributed by atoms with Gasteiger partial charge in [0.05, 0.1) is 39.1 Å². The van der Waals surface area contributed by atoms with Crippen LogP contribution in [0.25, 0.3) is 0 Å². The van der Waals surface area contributed by atoms with Crippen molar-refractivity contribution in [1.82, 2.24) is 5.32 Å². The quantitative estimate of drug-likeness (QED) is 0.270. The Morgan fingerprint density at radius 3 is 2.39 bits per heavy atom. The fourth-order valence-corrected chi connectivity index (χ4v) is 5.46. The van der Waals surface area contributed by atoms with Crippen molar-refractivity contribution in [2.24, 2.45) is 0 Å². The molecule has 0 bridgehead atoms. The number of halogens is 3. The molecule has 0 saturated heterocycles. The summed E-state index contributed by atoms with van der Waals surface area (Å²) in [4.78, 5) is 26.2. The summed E-state index contributed by atoms with van der Waals surface area (Å²) in [5.41, 5.74) is 2.80. The standard InChI is InChI=1S/C28H21Cl3N4O2S/c1-16-25(27(37)34-18-7-3-2-4-8-18)26(19-9-5-6-10-21(19)30)20(14-32)28(33-16)38-15-24(36)35-23-13-17(29)11-12-22(23)31/h2-13,26,33H,15H2,1H3,(H,34,37)(H,35,36)/t26-/m0/s1. The van der Waals surface area contributed by atoms with Crippen molar-refractivity contribution < 1.29 is 9.59 Å².